The summed E-state index contributed by atoms with van der Waals surface area (Å²) in [4.78, 5) is 0. The van der Waals surface area contributed by atoms with Gasteiger partial charge in [0.15, 0.2) is 0 Å². The summed E-state index contributed by atoms with van der Waals surface area (Å²) in [6, 6.07) is 65.8. The molecule has 0 aliphatic rings. The summed E-state index contributed by atoms with van der Waals surface area (Å²) in [5.41, 5.74) is 10.6. The second-order valence-corrected chi connectivity index (χ2v) is 14.4. The Labute approximate surface area is 310 Å². The molecule has 0 saturated carbocycles. The van der Waals surface area contributed by atoms with Crippen molar-refractivity contribution >= 4 is 87.0 Å². The van der Waals surface area contributed by atoms with E-state index in [1.54, 1.807) is 0 Å². The van der Waals surface area contributed by atoms with E-state index in [4.69, 9.17) is 8.83 Å². The van der Waals surface area contributed by atoms with Crippen LogP contribution in [0.15, 0.2) is 191 Å². The zero-order valence-corrected chi connectivity index (χ0v) is 29.1. The molecule has 0 aliphatic heterocycles. The van der Waals surface area contributed by atoms with Gasteiger partial charge in [0.2, 0.25) is 0 Å². The summed E-state index contributed by atoms with van der Waals surface area (Å²) in [5.74, 6) is 0. The maximum Gasteiger partial charge on any atom is 0.139 e. The predicted octanol–water partition coefficient (Wildman–Crippen LogP) is 15.1. The molecule has 54 heavy (non-hydrogen) atoms. The van der Waals surface area contributed by atoms with Crippen molar-refractivity contribution in [3.63, 3.8) is 0 Å². The van der Waals surface area contributed by atoms with Crippen molar-refractivity contribution in [1.29, 1.82) is 0 Å². The average Bonchev–Trinajstić information content (AvgIpc) is 3.78. The maximum absolute atomic E-state index is 6.46. The van der Waals surface area contributed by atoms with Gasteiger partial charge in [-0.15, -0.1) is 0 Å². The number of furan rings is 2. The van der Waals surface area contributed by atoms with Gasteiger partial charge in [0.1, 0.15) is 22.3 Å². The Bertz CT molecular complexity index is 3510. The van der Waals surface area contributed by atoms with Crippen molar-refractivity contribution in [2.24, 2.45) is 0 Å². The van der Waals surface area contributed by atoms with Crippen molar-refractivity contribution < 1.29 is 8.83 Å². The number of benzene rings is 10. The zero-order chi connectivity index (χ0) is 35.3. The Hall–Kier alpha value is -7.16. The molecule has 0 radical (unpaired) electrons. The molecule has 10 aromatic carbocycles. The third-order valence-electron chi connectivity index (χ3n) is 11.4. The quantitative estimate of drug-likeness (QED) is 0.173. The number of hydrogen-bond donors (Lipinski definition) is 0. The molecule has 0 saturated heterocycles. The van der Waals surface area contributed by atoms with Gasteiger partial charge < -0.3 is 8.83 Å². The first-order chi connectivity index (χ1) is 26.7. The summed E-state index contributed by atoms with van der Waals surface area (Å²) >= 11 is 0. The van der Waals surface area contributed by atoms with Crippen LogP contribution in [0, 0.1) is 0 Å². The van der Waals surface area contributed by atoms with Gasteiger partial charge in [-0.1, -0.05) is 133 Å². The van der Waals surface area contributed by atoms with Gasteiger partial charge in [-0.2, -0.15) is 0 Å². The Morgan fingerprint density at radius 2 is 0.741 bits per heavy atom. The highest BCUT2D eigenvalue weighted by Crippen LogP contribution is 2.43. The number of fused-ring (bicyclic) bond motifs is 11. The van der Waals surface area contributed by atoms with E-state index in [1.165, 1.54) is 70.9 Å². The lowest BCUT2D eigenvalue weighted by Crippen LogP contribution is -1.88. The molecule has 0 amide bonds. The standard InChI is InChI=1S/C52H30O2/c1-2-10-32-25-33(20-19-31(32)9-1)34-21-23-49-45(26-34)47-29-48-46-28-36(22-24-50(46)54-52(48)30-51(47)53-49)38-15-7-17-41-40(38)16-8-18-43(41)44-27-35-11-3-4-12-37(35)39-13-5-6-14-42(39)44/h1-30H. The molecule has 2 heteroatoms. The van der Waals surface area contributed by atoms with Crippen LogP contribution in [0.3, 0.4) is 0 Å². The van der Waals surface area contributed by atoms with Crippen LogP contribution in [0.2, 0.25) is 0 Å². The van der Waals surface area contributed by atoms with Gasteiger partial charge in [0.25, 0.3) is 0 Å². The van der Waals surface area contributed by atoms with Crippen molar-refractivity contribution in [2.45, 2.75) is 0 Å². The Kier molecular flexibility index (Phi) is 6.09. The lowest BCUT2D eigenvalue weighted by atomic mass is 9.89. The lowest BCUT2D eigenvalue weighted by Gasteiger charge is -2.15. The van der Waals surface area contributed by atoms with Gasteiger partial charge in [-0.25, -0.2) is 0 Å². The number of hydrogen-bond acceptors (Lipinski definition) is 2. The van der Waals surface area contributed by atoms with Crippen molar-refractivity contribution in [3.05, 3.63) is 182 Å². The van der Waals surface area contributed by atoms with Crippen LogP contribution in [0.5, 0.6) is 0 Å². The van der Waals surface area contributed by atoms with E-state index in [9.17, 15) is 0 Å². The molecule has 0 aliphatic carbocycles. The third kappa shape index (κ3) is 4.34. The van der Waals surface area contributed by atoms with E-state index < -0.39 is 0 Å². The van der Waals surface area contributed by atoms with Crippen molar-refractivity contribution in [2.75, 3.05) is 0 Å². The van der Waals surface area contributed by atoms with Crippen LogP contribution < -0.4 is 0 Å². The summed E-state index contributed by atoms with van der Waals surface area (Å²) in [6.45, 7) is 0. The van der Waals surface area contributed by atoms with Crippen molar-refractivity contribution in [3.8, 4) is 33.4 Å². The van der Waals surface area contributed by atoms with E-state index in [0.29, 0.717) is 0 Å². The highest BCUT2D eigenvalue weighted by molar-refractivity contribution is 6.19. The highest BCUT2D eigenvalue weighted by atomic mass is 16.3. The molecule has 12 rings (SSSR count). The summed E-state index contributed by atoms with van der Waals surface area (Å²) < 4.78 is 12.9. The average molecular weight is 687 g/mol. The van der Waals surface area contributed by atoms with E-state index in [-0.39, 0.29) is 0 Å². The molecule has 2 nitrogen and oxygen atoms in total. The van der Waals surface area contributed by atoms with Gasteiger partial charge in [-0.05, 0) is 119 Å². The van der Waals surface area contributed by atoms with Crippen molar-refractivity contribution in [1.82, 2.24) is 0 Å². The maximum atomic E-state index is 6.46. The van der Waals surface area contributed by atoms with Crippen LogP contribution in [0.25, 0.3) is 120 Å². The summed E-state index contributed by atoms with van der Waals surface area (Å²) in [7, 11) is 0. The zero-order valence-electron chi connectivity index (χ0n) is 29.1. The molecular weight excluding hydrogens is 657 g/mol. The molecule has 0 bridgehead atoms. The Balaban J connectivity index is 1.02. The normalized spacial score (nSPS) is 12.1. The smallest absolute Gasteiger partial charge is 0.139 e. The number of rotatable bonds is 3. The molecule has 0 spiro atoms. The van der Waals surface area contributed by atoms with Gasteiger partial charge >= 0.3 is 0 Å². The van der Waals surface area contributed by atoms with Crippen LogP contribution in [0.1, 0.15) is 0 Å². The molecule has 250 valence electrons. The Morgan fingerprint density at radius 1 is 0.222 bits per heavy atom. The van der Waals surface area contributed by atoms with E-state index in [0.717, 1.165) is 49.4 Å². The molecule has 0 unspecified atom stereocenters. The van der Waals surface area contributed by atoms with Gasteiger partial charge in [0, 0.05) is 27.6 Å². The second kappa shape index (κ2) is 11.2. The summed E-state index contributed by atoms with van der Waals surface area (Å²) in [5, 5.41) is 14.4. The van der Waals surface area contributed by atoms with Crippen LogP contribution in [-0.2, 0) is 0 Å². The molecular formula is C52H30O2. The largest absolute Gasteiger partial charge is 0.456 e. The SMILES string of the molecule is c1ccc2cc(-c3ccc4oc5cc6oc7ccc(-c8cccc9c(-c%10cc%11ccccc%11c%11ccccc%10%11)cccc89)cc7c6cc5c4c3)ccc2c1. The predicted molar refractivity (Wildman–Crippen MR) is 227 cm³/mol. The minimum Gasteiger partial charge on any atom is -0.456 e. The minimum absolute atomic E-state index is 0.826. The van der Waals surface area contributed by atoms with E-state index in [2.05, 4.69) is 182 Å². The summed E-state index contributed by atoms with van der Waals surface area (Å²) in [6.07, 6.45) is 0. The monoisotopic (exact) mass is 686 g/mol. The van der Waals surface area contributed by atoms with Crippen LogP contribution in [0.4, 0.5) is 0 Å². The third-order valence-corrected chi connectivity index (χ3v) is 11.4. The Morgan fingerprint density at radius 3 is 1.52 bits per heavy atom. The van der Waals surface area contributed by atoms with Crippen LogP contribution in [-0.4, -0.2) is 0 Å². The van der Waals surface area contributed by atoms with Gasteiger partial charge in [0.05, 0.1) is 0 Å². The lowest BCUT2D eigenvalue weighted by molar-refractivity contribution is 0.656. The topological polar surface area (TPSA) is 26.3 Å². The highest BCUT2D eigenvalue weighted by Gasteiger charge is 2.17. The first-order valence-electron chi connectivity index (χ1n) is 18.5. The first kappa shape index (κ1) is 29.4. The molecule has 2 aromatic heterocycles. The molecule has 0 fully saturated rings. The fourth-order valence-electron chi connectivity index (χ4n) is 8.84. The molecule has 0 atom stereocenters. The molecule has 12 aromatic rings. The van der Waals surface area contributed by atoms with Gasteiger partial charge in [-0.3, -0.25) is 0 Å². The minimum atomic E-state index is 0.826. The second-order valence-electron chi connectivity index (χ2n) is 14.4. The van der Waals surface area contributed by atoms with E-state index >= 15 is 0 Å². The fraction of sp³-hybridized carbons (Fsp3) is 0. The fourth-order valence-corrected chi connectivity index (χ4v) is 8.84. The van der Waals surface area contributed by atoms with E-state index in [1.807, 2.05) is 0 Å². The molecule has 0 N–H and O–H groups in total. The molecule has 2 heterocycles. The first-order valence-corrected chi connectivity index (χ1v) is 18.5. The van der Waals surface area contributed by atoms with Crippen LogP contribution >= 0.6 is 0 Å².